The number of hydrogen-bond acceptors (Lipinski definition) is 1. The van der Waals surface area contributed by atoms with Crippen LogP contribution in [-0.4, -0.2) is 6.29 Å². The predicted octanol–water partition coefficient (Wildman–Crippen LogP) is 2.73. The largest absolute Gasteiger partial charge is 0.302 e. The van der Waals surface area contributed by atoms with Crippen LogP contribution in [0.15, 0.2) is 24.3 Å². The number of carbonyl (C=O) groups excluding carboxylic acids is 1. The molecule has 1 heteroatoms. The van der Waals surface area contributed by atoms with E-state index in [1.165, 1.54) is 0 Å². The van der Waals surface area contributed by atoms with E-state index in [4.69, 9.17) is 0 Å². The van der Waals surface area contributed by atoms with E-state index in [1.807, 2.05) is 32.9 Å². The molecule has 0 fully saturated rings. The van der Waals surface area contributed by atoms with Crippen molar-refractivity contribution in [1.82, 2.24) is 0 Å². The van der Waals surface area contributed by atoms with Crippen LogP contribution < -0.4 is 0 Å². The summed E-state index contributed by atoms with van der Waals surface area (Å²) in [6.45, 7) is 9.55. The lowest BCUT2D eigenvalue weighted by Crippen LogP contribution is -2.12. The van der Waals surface area contributed by atoms with Crippen LogP contribution in [0.3, 0.4) is 0 Å². The van der Waals surface area contributed by atoms with Crippen molar-refractivity contribution < 1.29 is 4.79 Å². The monoisotopic (exact) mass is 152 g/mol. The van der Waals surface area contributed by atoms with Gasteiger partial charge in [0, 0.05) is 5.41 Å². The first-order valence-corrected chi connectivity index (χ1v) is 3.85. The Bertz CT molecular complexity index is 179. The summed E-state index contributed by atoms with van der Waals surface area (Å²) in [6.07, 6.45) is 5.60. The lowest BCUT2D eigenvalue weighted by Gasteiger charge is -2.14. The van der Waals surface area contributed by atoms with Crippen molar-refractivity contribution in [3.8, 4) is 0 Å². The van der Waals surface area contributed by atoms with Crippen LogP contribution in [0, 0.1) is 5.41 Å². The van der Waals surface area contributed by atoms with E-state index in [0.717, 1.165) is 18.3 Å². The Morgan fingerprint density at radius 1 is 1.64 bits per heavy atom. The molecule has 11 heavy (non-hydrogen) atoms. The van der Waals surface area contributed by atoms with E-state index < -0.39 is 0 Å². The van der Waals surface area contributed by atoms with Gasteiger partial charge in [-0.15, -0.1) is 0 Å². The predicted molar refractivity (Wildman–Crippen MR) is 48.4 cm³/mol. The molecule has 0 aliphatic heterocycles. The van der Waals surface area contributed by atoms with Gasteiger partial charge in [0.2, 0.25) is 0 Å². The van der Waals surface area contributed by atoms with Crippen molar-refractivity contribution in [2.24, 2.45) is 5.41 Å². The van der Waals surface area contributed by atoms with Crippen molar-refractivity contribution in [2.45, 2.75) is 27.2 Å². The molecule has 0 saturated heterocycles. The number of allylic oxidation sites excluding steroid dienone is 3. The van der Waals surface area contributed by atoms with E-state index >= 15 is 0 Å². The van der Waals surface area contributed by atoms with Crippen LogP contribution in [0.5, 0.6) is 0 Å². The summed E-state index contributed by atoms with van der Waals surface area (Å²) in [6, 6.07) is 0. The Morgan fingerprint density at radius 3 is 2.45 bits per heavy atom. The molecule has 0 saturated carbocycles. The topological polar surface area (TPSA) is 17.1 Å². The molecule has 0 unspecified atom stereocenters. The molecule has 0 heterocycles. The van der Waals surface area contributed by atoms with Gasteiger partial charge >= 0.3 is 0 Å². The lowest BCUT2D eigenvalue weighted by molar-refractivity contribution is -0.113. The summed E-state index contributed by atoms with van der Waals surface area (Å²) in [5.74, 6) is 0. The fourth-order valence-corrected chi connectivity index (χ4v) is 0.573. The zero-order valence-electron chi connectivity index (χ0n) is 7.55. The lowest BCUT2D eigenvalue weighted by atomic mass is 9.89. The molecule has 0 N–H and O–H groups in total. The fourth-order valence-electron chi connectivity index (χ4n) is 0.573. The molecule has 0 rings (SSSR count). The molecule has 1 atom stereocenters. The Kier molecular flexibility index (Phi) is 3.80. The average Bonchev–Trinajstić information content (AvgIpc) is 2.00. The van der Waals surface area contributed by atoms with Gasteiger partial charge in [0.25, 0.3) is 0 Å². The number of hydrogen-bond donors (Lipinski definition) is 0. The second-order valence-corrected chi connectivity index (χ2v) is 3.16. The van der Waals surface area contributed by atoms with Crippen LogP contribution >= 0.6 is 0 Å². The minimum absolute atomic E-state index is 0.307. The van der Waals surface area contributed by atoms with Crippen molar-refractivity contribution in [2.75, 3.05) is 0 Å². The van der Waals surface area contributed by atoms with E-state index in [0.29, 0.717) is 0 Å². The standard InChI is InChI=1S/C10H16O/c1-5-10(4,8-11)7-6-9(2)3/h6-8H,2,5H2,1,3-4H3/b7-6+/t10-/m1/s1. The van der Waals surface area contributed by atoms with Gasteiger partial charge in [-0.3, -0.25) is 0 Å². The van der Waals surface area contributed by atoms with Gasteiger partial charge in [0.15, 0.2) is 0 Å². The van der Waals surface area contributed by atoms with Gasteiger partial charge in [-0.1, -0.05) is 31.2 Å². The van der Waals surface area contributed by atoms with Crippen molar-refractivity contribution >= 4 is 6.29 Å². The van der Waals surface area contributed by atoms with Crippen molar-refractivity contribution in [3.63, 3.8) is 0 Å². The van der Waals surface area contributed by atoms with Gasteiger partial charge in [-0.2, -0.15) is 0 Å². The van der Waals surface area contributed by atoms with Crippen LogP contribution in [0.25, 0.3) is 0 Å². The molecule has 0 amide bonds. The highest BCUT2D eigenvalue weighted by Gasteiger charge is 2.15. The van der Waals surface area contributed by atoms with Gasteiger partial charge in [0.1, 0.15) is 6.29 Å². The third-order valence-corrected chi connectivity index (χ3v) is 1.78. The van der Waals surface area contributed by atoms with Crippen LogP contribution in [0.4, 0.5) is 0 Å². The quantitative estimate of drug-likeness (QED) is 0.447. The molecule has 0 aliphatic carbocycles. The summed E-state index contributed by atoms with van der Waals surface area (Å²) in [5.41, 5.74) is 0.672. The van der Waals surface area contributed by atoms with E-state index in [1.54, 1.807) is 0 Å². The fraction of sp³-hybridized carbons (Fsp3) is 0.500. The third kappa shape index (κ3) is 3.76. The molecular formula is C10H16O. The molecule has 0 bridgehead atoms. The molecule has 0 spiro atoms. The smallest absolute Gasteiger partial charge is 0.129 e. The molecule has 0 aromatic carbocycles. The van der Waals surface area contributed by atoms with Gasteiger partial charge in [-0.25, -0.2) is 0 Å². The van der Waals surface area contributed by atoms with Gasteiger partial charge in [0.05, 0.1) is 0 Å². The second kappa shape index (κ2) is 4.12. The highest BCUT2D eigenvalue weighted by atomic mass is 16.1. The maximum atomic E-state index is 10.6. The number of carbonyl (C=O) groups is 1. The Morgan fingerprint density at radius 2 is 2.18 bits per heavy atom. The first-order valence-electron chi connectivity index (χ1n) is 3.85. The first kappa shape index (κ1) is 10.2. The minimum atomic E-state index is -0.307. The first-order chi connectivity index (χ1) is 5.04. The van der Waals surface area contributed by atoms with E-state index in [9.17, 15) is 4.79 Å². The molecule has 0 aliphatic rings. The average molecular weight is 152 g/mol. The number of rotatable bonds is 4. The SMILES string of the molecule is C=C(C)/C=C/[C@](C)(C=O)CC. The van der Waals surface area contributed by atoms with Crippen LogP contribution in [0.1, 0.15) is 27.2 Å². The van der Waals surface area contributed by atoms with Crippen molar-refractivity contribution in [1.29, 1.82) is 0 Å². The Balaban J connectivity index is 4.29. The molecule has 1 nitrogen and oxygen atoms in total. The normalized spacial score (nSPS) is 16.3. The van der Waals surface area contributed by atoms with Crippen LogP contribution in [-0.2, 0) is 4.79 Å². The second-order valence-electron chi connectivity index (χ2n) is 3.16. The zero-order chi connectivity index (χ0) is 8.91. The highest BCUT2D eigenvalue weighted by molar-refractivity contribution is 5.62. The Labute approximate surface area is 68.8 Å². The maximum absolute atomic E-state index is 10.6. The van der Waals surface area contributed by atoms with Gasteiger partial charge < -0.3 is 4.79 Å². The minimum Gasteiger partial charge on any atom is -0.302 e. The van der Waals surface area contributed by atoms with Crippen molar-refractivity contribution in [3.05, 3.63) is 24.3 Å². The zero-order valence-corrected chi connectivity index (χ0v) is 7.55. The van der Waals surface area contributed by atoms with E-state index in [-0.39, 0.29) is 5.41 Å². The molecule has 0 radical (unpaired) electrons. The molecule has 0 aromatic rings. The maximum Gasteiger partial charge on any atom is 0.129 e. The number of aldehydes is 1. The summed E-state index contributed by atoms with van der Waals surface area (Å²) >= 11 is 0. The third-order valence-electron chi connectivity index (χ3n) is 1.78. The summed E-state index contributed by atoms with van der Waals surface area (Å²) in [4.78, 5) is 10.6. The van der Waals surface area contributed by atoms with E-state index in [2.05, 4.69) is 6.58 Å². The highest BCUT2D eigenvalue weighted by Crippen LogP contribution is 2.19. The molecular weight excluding hydrogens is 136 g/mol. The Hall–Kier alpha value is -0.850. The molecule has 0 aromatic heterocycles. The summed E-state index contributed by atoms with van der Waals surface area (Å²) < 4.78 is 0. The van der Waals surface area contributed by atoms with Gasteiger partial charge in [-0.05, 0) is 20.3 Å². The summed E-state index contributed by atoms with van der Waals surface area (Å²) in [7, 11) is 0. The molecule has 62 valence electrons. The summed E-state index contributed by atoms with van der Waals surface area (Å²) in [5, 5.41) is 0. The van der Waals surface area contributed by atoms with Crippen LogP contribution in [0.2, 0.25) is 0 Å².